The maximum absolute atomic E-state index is 5.59. The standard InChI is InChI=1S/C8H13BrN4O/c1-13(3-4-14-2)8-11-6(9)5-7(10)12-8/h5H,3-4H2,1-2H3,(H2,10,11,12). The lowest BCUT2D eigenvalue weighted by Crippen LogP contribution is -2.24. The van der Waals surface area contributed by atoms with Crippen LogP contribution in [0.5, 0.6) is 0 Å². The minimum atomic E-state index is 0.450. The Bertz CT molecular complexity index is 287. The Kier molecular flexibility index (Phi) is 4.09. The van der Waals surface area contributed by atoms with Gasteiger partial charge in [0, 0.05) is 26.8 Å². The zero-order chi connectivity index (χ0) is 10.6. The summed E-state index contributed by atoms with van der Waals surface area (Å²) in [4.78, 5) is 10.2. The van der Waals surface area contributed by atoms with E-state index in [-0.39, 0.29) is 0 Å². The van der Waals surface area contributed by atoms with Gasteiger partial charge in [0.1, 0.15) is 10.4 Å². The fraction of sp³-hybridized carbons (Fsp3) is 0.500. The molecule has 0 aliphatic carbocycles. The van der Waals surface area contributed by atoms with Crippen LogP contribution in [0.15, 0.2) is 10.7 Å². The highest BCUT2D eigenvalue weighted by atomic mass is 79.9. The normalized spacial score (nSPS) is 10.2. The number of hydrogen-bond donors (Lipinski definition) is 1. The van der Waals surface area contributed by atoms with Crippen molar-refractivity contribution in [2.24, 2.45) is 0 Å². The molecule has 1 aromatic heterocycles. The Morgan fingerprint density at radius 3 is 2.86 bits per heavy atom. The van der Waals surface area contributed by atoms with Crippen molar-refractivity contribution in [3.05, 3.63) is 10.7 Å². The fourth-order valence-corrected chi connectivity index (χ4v) is 1.31. The van der Waals surface area contributed by atoms with Crippen molar-refractivity contribution < 1.29 is 4.74 Å². The molecule has 0 fully saturated rings. The second-order valence-corrected chi connectivity index (χ2v) is 3.64. The highest BCUT2D eigenvalue weighted by Gasteiger charge is 2.05. The summed E-state index contributed by atoms with van der Waals surface area (Å²) in [6.07, 6.45) is 0. The van der Waals surface area contributed by atoms with E-state index in [4.69, 9.17) is 10.5 Å². The van der Waals surface area contributed by atoms with Crippen molar-refractivity contribution in [1.29, 1.82) is 0 Å². The summed E-state index contributed by atoms with van der Waals surface area (Å²) in [5, 5.41) is 0. The van der Waals surface area contributed by atoms with Crippen LogP contribution in [-0.4, -0.2) is 37.3 Å². The van der Waals surface area contributed by atoms with E-state index in [9.17, 15) is 0 Å². The Morgan fingerprint density at radius 1 is 1.57 bits per heavy atom. The van der Waals surface area contributed by atoms with Crippen molar-refractivity contribution in [1.82, 2.24) is 9.97 Å². The van der Waals surface area contributed by atoms with Crippen molar-refractivity contribution in [3.8, 4) is 0 Å². The number of aromatic nitrogens is 2. The summed E-state index contributed by atoms with van der Waals surface area (Å²) in [5.74, 6) is 1.04. The smallest absolute Gasteiger partial charge is 0.228 e. The first-order chi connectivity index (χ1) is 6.63. The summed E-state index contributed by atoms with van der Waals surface area (Å²) in [7, 11) is 3.55. The molecule has 0 amide bonds. The average Bonchev–Trinajstić information content (AvgIpc) is 2.12. The first-order valence-electron chi connectivity index (χ1n) is 4.13. The minimum Gasteiger partial charge on any atom is -0.383 e. The number of nitrogens with two attached hydrogens (primary N) is 1. The average molecular weight is 261 g/mol. The molecule has 14 heavy (non-hydrogen) atoms. The number of rotatable bonds is 4. The van der Waals surface area contributed by atoms with Gasteiger partial charge < -0.3 is 15.4 Å². The Hall–Kier alpha value is -0.880. The molecule has 1 rings (SSSR count). The molecule has 0 saturated carbocycles. The van der Waals surface area contributed by atoms with Crippen molar-refractivity contribution >= 4 is 27.7 Å². The molecule has 0 unspecified atom stereocenters. The van der Waals surface area contributed by atoms with Gasteiger partial charge in [-0.3, -0.25) is 0 Å². The van der Waals surface area contributed by atoms with Crippen LogP contribution >= 0.6 is 15.9 Å². The van der Waals surface area contributed by atoms with E-state index < -0.39 is 0 Å². The highest BCUT2D eigenvalue weighted by molar-refractivity contribution is 9.10. The zero-order valence-corrected chi connectivity index (χ0v) is 9.78. The molecule has 1 aromatic rings. The molecule has 5 nitrogen and oxygen atoms in total. The van der Waals surface area contributed by atoms with Gasteiger partial charge >= 0.3 is 0 Å². The second-order valence-electron chi connectivity index (χ2n) is 2.83. The number of methoxy groups -OCH3 is 1. The van der Waals surface area contributed by atoms with Crippen LogP contribution < -0.4 is 10.6 Å². The van der Waals surface area contributed by atoms with Crippen LogP contribution in [0.2, 0.25) is 0 Å². The quantitative estimate of drug-likeness (QED) is 0.816. The van der Waals surface area contributed by atoms with Gasteiger partial charge in [0.2, 0.25) is 5.95 Å². The van der Waals surface area contributed by atoms with E-state index in [2.05, 4.69) is 25.9 Å². The first-order valence-corrected chi connectivity index (χ1v) is 4.93. The van der Waals surface area contributed by atoms with E-state index in [0.717, 1.165) is 6.54 Å². The van der Waals surface area contributed by atoms with Crippen LogP contribution in [0.3, 0.4) is 0 Å². The molecule has 6 heteroatoms. The molecule has 0 aromatic carbocycles. The van der Waals surface area contributed by atoms with Gasteiger partial charge in [-0.25, -0.2) is 4.98 Å². The maximum Gasteiger partial charge on any atom is 0.228 e. The SMILES string of the molecule is COCCN(C)c1nc(N)cc(Br)n1. The predicted octanol–water partition coefficient (Wildman–Crippen LogP) is 0.904. The lowest BCUT2D eigenvalue weighted by Gasteiger charge is -2.16. The van der Waals surface area contributed by atoms with Gasteiger partial charge in [0.15, 0.2) is 0 Å². The van der Waals surface area contributed by atoms with Crippen LogP contribution in [-0.2, 0) is 4.74 Å². The predicted molar refractivity (Wildman–Crippen MR) is 59.3 cm³/mol. The summed E-state index contributed by atoms with van der Waals surface area (Å²) < 4.78 is 5.64. The summed E-state index contributed by atoms with van der Waals surface area (Å²) in [6.45, 7) is 1.36. The van der Waals surface area contributed by atoms with Crippen LogP contribution in [0.4, 0.5) is 11.8 Å². The van der Waals surface area contributed by atoms with Gasteiger partial charge in [-0.05, 0) is 15.9 Å². The molecule has 1 heterocycles. The van der Waals surface area contributed by atoms with Crippen molar-refractivity contribution in [3.63, 3.8) is 0 Å². The molecular formula is C8H13BrN4O. The van der Waals surface area contributed by atoms with Crippen molar-refractivity contribution in [2.45, 2.75) is 0 Å². The van der Waals surface area contributed by atoms with Crippen LogP contribution in [0.1, 0.15) is 0 Å². The number of hydrogen-bond acceptors (Lipinski definition) is 5. The summed E-state index contributed by atoms with van der Waals surface area (Å²) >= 11 is 3.26. The largest absolute Gasteiger partial charge is 0.383 e. The zero-order valence-electron chi connectivity index (χ0n) is 8.20. The number of nitrogens with zero attached hydrogens (tertiary/aromatic N) is 3. The van der Waals surface area contributed by atoms with Gasteiger partial charge in [0.05, 0.1) is 6.61 Å². The molecule has 0 radical (unpaired) electrons. The lowest BCUT2D eigenvalue weighted by atomic mass is 10.5. The number of nitrogen functional groups attached to an aromatic ring is 1. The van der Waals surface area contributed by atoms with E-state index >= 15 is 0 Å². The third kappa shape index (κ3) is 3.12. The topological polar surface area (TPSA) is 64.3 Å². The molecule has 0 aliphatic rings. The van der Waals surface area contributed by atoms with E-state index in [1.165, 1.54) is 0 Å². The molecule has 2 N–H and O–H groups in total. The number of anilines is 2. The third-order valence-corrected chi connectivity index (χ3v) is 2.08. The van der Waals surface area contributed by atoms with E-state index in [0.29, 0.717) is 23.0 Å². The van der Waals surface area contributed by atoms with Gasteiger partial charge in [-0.1, -0.05) is 0 Å². The monoisotopic (exact) mass is 260 g/mol. The highest BCUT2D eigenvalue weighted by Crippen LogP contribution is 2.14. The Labute approximate surface area is 91.4 Å². The van der Waals surface area contributed by atoms with Crippen molar-refractivity contribution in [2.75, 3.05) is 37.9 Å². The summed E-state index contributed by atoms with van der Waals surface area (Å²) in [5.41, 5.74) is 5.59. The van der Waals surface area contributed by atoms with Crippen LogP contribution in [0.25, 0.3) is 0 Å². The number of likely N-dealkylation sites (N-methyl/N-ethyl adjacent to an activating group) is 1. The van der Waals surface area contributed by atoms with Gasteiger partial charge in [-0.2, -0.15) is 4.98 Å². The summed E-state index contributed by atoms with van der Waals surface area (Å²) in [6, 6.07) is 1.66. The number of ether oxygens (including phenoxy) is 1. The van der Waals surface area contributed by atoms with E-state index in [1.54, 1.807) is 13.2 Å². The third-order valence-electron chi connectivity index (χ3n) is 1.68. The Morgan fingerprint density at radius 2 is 2.29 bits per heavy atom. The molecule has 0 aliphatic heterocycles. The molecule has 0 saturated heterocycles. The maximum atomic E-state index is 5.59. The molecule has 0 bridgehead atoms. The molecule has 78 valence electrons. The van der Waals surface area contributed by atoms with Crippen LogP contribution in [0, 0.1) is 0 Å². The lowest BCUT2D eigenvalue weighted by molar-refractivity contribution is 0.206. The van der Waals surface area contributed by atoms with E-state index in [1.807, 2.05) is 11.9 Å². The van der Waals surface area contributed by atoms with Gasteiger partial charge in [-0.15, -0.1) is 0 Å². The second kappa shape index (κ2) is 5.11. The number of halogens is 1. The minimum absolute atomic E-state index is 0.450. The fourth-order valence-electron chi connectivity index (χ4n) is 0.922. The van der Waals surface area contributed by atoms with Gasteiger partial charge in [0.25, 0.3) is 0 Å². The molecular weight excluding hydrogens is 248 g/mol. The molecule has 0 atom stereocenters. The first kappa shape index (κ1) is 11.2. The Balaban J connectivity index is 2.73. The molecule has 0 spiro atoms.